The summed E-state index contributed by atoms with van der Waals surface area (Å²) in [5, 5.41) is 4.25. The molecule has 2 aliphatic rings. The van der Waals surface area contributed by atoms with Gasteiger partial charge in [-0.3, -0.25) is 14.4 Å². The zero-order chi connectivity index (χ0) is 18.1. The van der Waals surface area contributed by atoms with Gasteiger partial charge >= 0.3 is 0 Å². The van der Waals surface area contributed by atoms with E-state index in [1.807, 2.05) is 17.9 Å². The van der Waals surface area contributed by atoms with Crippen molar-refractivity contribution in [3.8, 4) is 0 Å². The SMILES string of the molecule is Cc1cccc(CN2CCC3(CCN(Cc4cnn(C)c4)CC3)C2=O)c1. The second-order valence-electron chi connectivity index (χ2n) is 8.04. The summed E-state index contributed by atoms with van der Waals surface area (Å²) in [5.41, 5.74) is 3.63. The van der Waals surface area contributed by atoms with E-state index in [9.17, 15) is 4.79 Å². The molecule has 0 bridgehead atoms. The van der Waals surface area contributed by atoms with Crippen LogP contribution in [0, 0.1) is 12.3 Å². The molecule has 1 aromatic heterocycles. The minimum atomic E-state index is -0.116. The van der Waals surface area contributed by atoms with Gasteiger partial charge in [-0.05, 0) is 44.8 Å². The van der Waals surface area contributed by atoms with Crippen LogP contribution in [0.3, 0.4) is 0 Å². The molecule has 5 heteroatoms. The first-order valence-electron chi connectivity index (χ1n) is 9.59. The van der Waals surface area contributed by atoms with Crippen molar-refractivity contribution in [2.45, 2.75) is 39.3 Å². The highest BCUT2D eigenvalue weighted by Gasteiger charge is 2.47. The molecular weight excluding hydrogens is 324 g/mol. The molecule has 1 amide bonds. The van der Waals surface area contributed by atoms with Crippen molar-refractivity contribution in [3.63, 3.8) is 0 Å². The van der Waals surface area contributed by atoms with Crippen LogP contribution < -0.4 is 0 Å². The lowest BCUT2D eigenvalue weighted by atomic mass is 9.77. The largest absolute Gasteiger partial charge is 0.338 e. The van der Waals surface area contributed by atoms with E-state index < -0.39 is 0 Å². The van der Waals surface area contributed by atoms with Crippen molar-refractivity contribution >= 4 is 5.91 Å². The summed E-state index contributed by atoms with van der Waals surface area (Å²) in [6.07, 6.45) is 6.99. The van der Waals surface area contributed by atoms with Crippen LogP contribution in [0.5, 0.6) is 0 Å². The Kier molecular flexibility index (Phi) is 4.57. The van der Waals surface area contributed by atoms with Gasteiger partial charge in [0.05, 0.1) is 11.6 Å². The normalized spacial score (nSPS) is 20.2. The fourth-order valence-corrected chi connectivity index (χ4v) is 4.49. The summed E-state index contributed by atoms with van der Waals surface area (Å²) in [5.74, 6) is 0.375. The van der Waals surface area contributed by atoms with E-state index in [2.05, 4.69) is 52.3 Å². The van der Waals surface area contributed by atoms with Crippen molar-refractivity contribution < 1.29 is 4.79 Å². The Hall–Kier alpha value is -2.14. The first-order valence-corrected chi connectivity index (χ1v) is 9.59. The van der Waals surface area contributed by atoms with Gasteiger partial charge in [-0.15, -0.1) is 0 Å². The van der Waals surface area contributed by atoms with Gasteiger partial charge < -0.3 is 4.90 Å². The molecule has 2 saturated heterocycles. The Morgan fingerprint density at radius 3 is 2.54 bits per heavy atom. The minimum absolute atomic E-state index is 0.116. The Morgan fingerprint density at radius 1 is 1.08 bits per heavy atom. The van der Waals surface area contributed by atoms with Gasteiger partial charge in [0.2, 0.25) is 5.91 Å². The van der Waals surface area contributed by atoms with Gasteiger partial charge in [0.15, 0.2) is 0 Å². The van der Waals surface area contributed by atoms with E-state index in [1.165, 1.54) is 16.7 Å². The third-order valence-electron chi connectivity index (χ3n) is 6.03. The molecular formula is C21H28N4O. The maximum absolute atomic E-state index is 13.1. The monoisotopic (exact) mass is 352 g/mol. The lowest BCUT2D eigenvalue weighted by Crippen LogP contribution is -2.44. The average molecular weight is 352 g/mol. The molecule has 3 heterocycles. The molecule has 1 aromatic carbocycles. The molecule has 0 atom stereocenters. The van der Waals surface area contributed by atoms with Gasteiger partial charge in [-0.25, -0.2) is 0 Å². The number of benzene rings is 1. The molecule has 2 aromatic rings. The van der Waals surface area contributed by atoms with Gasteiger partial charge in [-0.2, -0.15) is 5.10 Å². The number of hydrogen-bond donors (Lipinski definition) is 0. The van der Waals surface area contributed by atoms with E-state index in [1.54, 1.807) is 0 Å². The predicted molar refractivity (Wildman–Crippen MR) is 101 cm³/mol. The third-order valence-corrected chi connectivity index (χ3v) is 6.03. The maximum atomic E-state index is 13.1. The minimum Gasteiger partial charge on any atom is -0.338 e. The molecule has 138 valence electrons. The van der Waals surface area contributed by atoms with Gasteiger partial charge in [0, 0.05) is 38.4 Å². The number of aryl methyl sites for hydroxylation is 2. The predicted octanol–water partition coefficient (Wildman–Crippen LogP) is 2.74. The molecule has 0 unspecified atom stereocenters. The van der Waals surface area contributed by atoms with Crippen LogP contribution in [-0.4, -0.2) is 45.1 Å². The van der Waals surface area contributed by atoms with E-state index in [-0.39, 0.29) is 5.41 Å². The first kappa shape index (κ1) is 17.3. The summed E-state index contributed by atoms with van der Waals surface area (Å²) in [7, 11) is 1.95. The third kappa shape index (κ3) is 3.40. The lowest BCUT2D eigenvalue weighted by Gasteiger charge is -2.37. The highest BCUT2D eigenvalue weighted by Crippen LogP contribution is 2.42. The van der Waals surface area contributed by atoms with E-state index >= 15 is 0 Å². The number of carbonyl (C=O) groups is 1. The lowest BCUT2D eigenvalue weighted by molar-refractivity contribution is -0.138. The fourth-order valence-electron chi connectivity index (χ4n) is 4.49. The van der Waals surface area contributed by atoms with Crippen molar-refractivity contribution in [1.29, 1.82) is 0 Å². The topological polar surface area (TPSA) is 41.4 Å². The Labute approximate surface area is 155 Å². The van der Waals surface area contributed by atoms with E-state index in [0.29, 0.717) is 5.91 Å². The molecule has 0 N–H and O–H groups in total. The molecule has 5 nitrogen and oxygen atoms in total. The van der Waals surface area contributed by atoms with Crippen LogP contribution in [0.1, 0.15) is 36.0 Å². The molecule has 1 spiro atoms. The zero-order valence-corrected chi connectivity index (χ0v) is 15.8. The quantitative estimate of drug-likeness (QED) is 0.850. The van der Waals surface area contributed by atoms with Crippen LogP contribution in [-0.2, 0) is 24.9 Å². The first-order chi connectivity index (χ1) is 12.5. The number of likely N-dealkylation sites (tertiary alicyclic amines) is 2. The highest BCUT2D eigenvalue weighted by molar-refractivity contribution is 5.85. The smallest absolute Gasteiger partial charge is 0.229 e. The van der Waals surface area contributed by atoms with E-state index in [0.717, 1.165) is 52.0 Å². The summed E-state index contributed by atoms with van der Waals surface area (Å²) in [4.78, 5) is 17.7. The summed E-state index contributed by atoms with van der Waals surface area (Å²) in [6.45, 7) is 6.69. The molecule has 2 aliphatic heterocycles. The van der Waals surface area contributed by atoms with Crippen molar-refractivity contribution in [2.24, 2.45) is 12.5 Å². The summed E-state index contributed by atoms with van der Waals surface area (Å²) < 4.78 is 1.85. The zero-order valence-electron chi connectivity index (χ0n) is 15.8. The fraction of sp³-hybridized carbons (Fsp3) is 0.524. The van der Waals surface area contributed by atoms with Gasteiger partial charge in [-0.1, -0.05) is 29.8 Å². The molecule has 0 saturated carbocycles. The molecule has 2 fully saturated rings. The van der Waals surface area contributed by atoms with Gasteiger partial charge in [0.1, 0.15) is 0 Å². The standard InChI is InChI=1S/C21H28N4O/c1-17-4-3-5-18(12-17)16-25-11-8-21(20(25)26)6-9-24(10-7-21)15-19-13-22-23(2)14-19/h3-5,12-14H,6-11,15-16H2,1-2H3. The number of nitrogens with zero attached hydrogens (tertiary/aromatic N) is 4. The highest BCUT2D eigenvalue weighted by atomic mass is 16.2. The van der Waals surface area contributed by atoms with Crippen LogP contribution in [0.4, 0.5) is 0 Å². The summed E-state index contributed by atoms with van der Waals surface area (Å²) >= 11 is 0. The Morgan fingerprint density at radius 2 is 1.85 bits per heavy atom. The number of hydrogen-bond acceptors (Lipinski definition) is 3. The molecule has 4 rings (SSSR count). The second kappa shape index (κ2) is 6.88. The number of rotatable bonds is 4. The second-order valence-corrected chi connectivity index (χ2v) is 8.04. The van der Waals surface area contributed by atoms with E-state index in [4.69, 9.17) is 0 Å². The average Bonchev–Trinajstić information content (AvgIpc) is 3.16. The van der Waals surface area contributed by atoms with Crippen molar-refractivity contribution in [1.82, 2.24) is 19.6 Å². The van der Waals surface area contributed by atoms with Gasteiger partial charge in [0.25, 0.3) is 0 Å². The van der Waals surface area contributed by atoms with Crippen LogP contribution in [0.25, 0.3) is 0 Å². The van der Waals surface area contributed by atoms with Crippen LogP contribution in [0.2, 0.25) is 0 Å². The van der Waals surface area contributed by atoms with Crippen LogP contribution in [0.15, 0.2) is 36.7 Å². The number of amides is 1. The maximum Gasteiger partial charge on any atom is 0.229 e. The summed E-state index contributed by atoms with van der Waals surface area (Å²) in [6, 6.07) is 8.50. The van der Waals surface area contributed by atoms with Crippen molar-refractivity contribution in [2.75, 3.05) is 19.6 Å². The molecule has 26 heavy (non-hydrogen) atoms. The Balaban J connectivity index is 1.36. The van der Waals surface area contributed by atoms with Crippen LogP contribution >= 0.6 is 0 Å². The van der Waals surface area contributed by atoms with Crippen molar-refractivity contribution in [3.05, 3.63) is 53.3 Å². The number of piperidine rings is 1. The molecule has 0 aliphatic carbocycles. The number of aromatic nitrogens is 2. The molecule has 0 radical (unpaired) electrons. The number of carbonyl (C=O) groups excluding carboxylic acids is 1. The Bertz CT molecular complexity index is 789.